The number of pyridine rings is 2. The van der Waals surface area contributed by atoms with E-state index in [4.69, 9.17) is 19.2 Å². The Balaban J connectivity index is 1.03. The van der Waals surface area contributed by atoms with Crippen molar-refractivity contribution in [2.75, 3.05) is 76.3 Å². The Kier molecular flexibility index (Phi) is 18.3. The monoisotopic (exact) mass is 1040 g/mol. The summed E-state index contributed by atoms with van der Waals surface area (Å²) < 4.78 is 46.2. The zero-order valence-corrected chi connectivity index (χ0v) is 45.6. The van der Waals surface area contributed by atoms with Crippen LogP contribution in [0.4, 0.5) is 29.7 Å². The van der Waals surface area contributed by atoms with Crippen molar-refractivity contribution in [2.24, 2.45) is 0 Å². The Morgan fingerprint density at radius 1 is 0.803 bits per heavy atom. The van der Waals surface area contributed by atoms with Crippen molar-refractivity contribution in [3.63, 3.8) is 0 Å². The SMILES string of the molecule is C[C@@H]1CN(CC(=O)N2CC(C)(C)c3ncc(Cc4ccc(F)cc4)cc32)[C@@H](CN(C)CCOCCN(C(=O)OC(C)(C)C)[C@H](Cc2cccc(F)c2)C(=O)Nc2ccc(-c3ccncc3)cc2)CN1C(=O)OC(C)(C)C. The van der Waals surface area contributed by atoms with Crippen LogP contribution in [0, 0.1) is 11.6 Å². The molecule has 3 aromatic carbocycles. The van der Waals surface area contributed by atoms with Crippen LogP contribution in [-0.2, 0) is 42.1 Å². The highest BCUT2D eigenvalue weighted by atomic mass is 19.1. The van der Waals surface area contributed by atoms with E-state index in [0.29, 0.717) is 50.4 Å². The molecule has 0 saturated carbocycles. The van der Waals surface area contributed by atoms with Crippen LogP contribution in [-0.4, -0.2) is 149 Å². The van der Waals surface area contributed by atoms with E-state index in [1.807, 2.05) is 76.2 Å². The largest absolute Gasteiger partial charge is 0.444 e. The molecule has 1 N–H and O–H groups in total. The first kappa shape index (κ1) is 56.9. The van der Waals surface area contributed by atoms with Crippen molar-refractivity contribution in [3.05, 3.63) is 144 Å². The second-order valence-electron chi connectivity index (χ2n) is 22.6. The third kappa shape index (κ3) is 15.6. The summed E-state index contributed by atoms with van der Waals surface area (Å²) in [7, 11) is 1.95. The van der Waals surface area contributed by atoms with E-state index in [0.717, 1.165) is 33.6 Å². The second-order valence-corrected chi connectivity index (χ2v) is 22.6. The summed E-state index contributed by atoms with van der Waals surface area (Å²) in [6.07, 6.45) is 4.63. The van der Waals surface area contributed by atoms with Gasteiger partial charge in [0.1, 0.15) is 28.9 Å². The van der Waals surface area contributed by atoms with Crippen molar-refractivity contribution in [1.82, 2.24) is 29.6 Å². The van der Waals surface area contributed by atoms with Crippen molar-refractivity contribution >= 4 is 35.4 Å². The topological polar surface area (TPSA) is 150 Å². The molecule has 3 atom stereocenters. The van der Waals surface area contributed by atoms with Gasteiger partial charge in [0.15, 0.2) is 0 Å². The van der Waals surface area contributed by atoms with Gasteiger partial charge < -0.3 is 34.2 Å². The fourth-order valence-corrected chi connectivity index (χ4v) is 9.62. The Morgan fingerprint density at radius 3 is 2.14 bits per heavy atom. The molecule has 0 spiro atoms. The number of anilines is 2. The van der Waals surface area contributed by atoms with Crippen LogP contribution in [0.2, 0.25) is 0 Å². The number of benzene rings is 3. The van der Waals surface area contributed by atoms with Crippen LogP contribution in [0.3, 0.4) is 0 Å². The predicted octanol–water partition coefficient (Wildman–Crippen LogP) is 9.38. The van der Waals surface area contributed by atoms with Crippen molar-refractivity contribution in [2.45, 2.75) is 110 Å². The number of ether oxygens (including phenoxy) is 3. The standard InChI is InChI=1S/C59H74F2N8O7/c1-40-35-66(38-52(70)69-39-59(8,9)53-50(69)33-43(34-63-53)30-41-14-18-46(60)19-15-41)49(37-68(40)56(73)76-58(5,6)7)36-65(10)26-28-74-29-27-67(55(72)75-57(2,3)4)51(32-42-12-11-13-47(61)31-42)54(71)64-48-20-16-44(17-21-48)45-22-24-62-25-23-45/h11-25,31,33-34,40,49,51H,26-30,32,35-39H2,1-10H3,(H,64,71)/t40-,49+,51-/m1/s1. The van der Waals surface area contributed by atoms with Crippen LogP contribution < -0.4 is 10.2 Å². The summed E-state index contributed by atoms with van der Waals surface area (Å²) in [4.78, 5) is 74.7. The molecule has 0 unspecified atom stereocenters. The molecule has 4 heterocycles. The number of hydrogen-bond acceptors (Lipinski definition) is 11. The van der Waals surface area contributed by atoms with Gasteiger partial charge in [-0.25, -0.2) is 18.4 Å². The van der Waals surface area contributed by atoms with E-state index in [1.165, 1.54) is 29.2 Å². The minimum atomic E-state index is -1.11. The van der Waals surface area contributed by atoms with Crippen LogP contribution in [0.5, 0.6) is 0 Å². The van der Waals surface area contributed by atoms with Gasteiger partial charge in [0.2, 0.25) is 11.8 Å². The van der Waals surface area contributed by atoms with Gasteiger partial charge in [-0.05, 0) is 144 Å². The molecule has 1 fully saturated rings. The van der Waals surface area contributed by atoms with Gasteiger partial charge in [-0.3, -0.25) is 29.4 Å². The highest BCUT2D eigenvalue weighted by Crippen LogP contribution is 2.40. The van der Waals surface area contributed by atoms with Gasteiger partial charge >= 0.3 is 12.2 Å². The van der Waals surface area contributed by atoms with Gasteiger partial charge in [-0.15, -0.1) is 0 Å². The Hall–Kier alpha value is -6.82. The van der Waals surface area contributed by atoms with E-state index in [-0.39, 0.29) is 56.5 Å². The van der Waals surface area contributed by atoms with Gasteiger partial charge in [0.25, 0.3) is 0 Å². The smallest absolute Gasteiger partial charge is 0.411 e. The molecule has 2 aliphatic heterocycles. The molecule has 1 saturated heterocycles. The molecule has 2 aromatic heterocycles. The summed E-state index contributed by atoms with van der Waals surface area (Å²) in [5.74, 6) is -1.35. The number of carbonyl (C=O) groups is 4. The molecule has 0 radical (unpaired) electrons. The number of nitrogens with zero attached hydrogens (tertiary/aromatic N) is 7. The zero-order chi connectivity index (χ0) is 55.0. The summed E-state index contributed by atoms with van der Waals surface area (Å²) in [6.45, 7) is 19.3. The highest BCUT2D eigenvalue weighted by Gasteiger charge is 2.43. The Morgan fingerprint density at radius 2 is 1.47 bits per heavy atom. The van der Waals surface area contributed by atoms with Crippen LogP contribution in [0.25, 0.3) is 11.1 Å². The van der Waals surface area contributed by atoms with Gasteiger partial charge in [0.05, 0.1) is 31.1 Å². The summed E-state index contributed by atoms with van der Waals surface area (Å²) in [5, 5.41) is 2.97. The first-order valence-electron chi connectivity index (χ1n) is 26.0. The number of rotatable bonds is 18. The van der Waals surface area contributed by atoms with Gasteiger partial charge in [-0.1, -0.05) is 50.2 Å². The average Bonchev–Trinajstić information content (AvgIpc) is 3.63. The van der Waals surface area contributed by atoms with Gasteiger partial charge in [0, 0.05) is 87.5 Å². The number of carbonyl (C=O) groups excluding carboxylic acids is 4. The predicted molar refractivity (Wildman–Crippen MR) is 290 cm³/mol. The molecule has 17 heteroatoms. The first-order chi connectivity index (χ1) is 35.9. The number of fused-ring (bicyclic) bond motifs is 1. The molecule has 76 heavy (non-hydrogen) atoms. The average molecular weight is 1050 g/mol. The van der Waals surface area contributed by atoms with E-state index in [2.05, 4.69) is 33.9 Å². The normalized spacial score (nSPS) is 17.0. The van der Waals surface area contributed by atoms with Crippen LogP contribution in [0.15, 0.2) is 110 Å². The quantitative estimate of drug-likeness (QED) is 0.0837. The second kappa shape index (κ2) is 24.5. The van der Waals surface area contributed by atoms with Crippen molar-refractivity contribution in [1.29, 1.82) is 0 Å². The third-order valence-corrected chi connectivity index (χ3v) is 13.4. The van der Waals surface area contributed by atoms with E-state index in [9.17, 15) is 28.0 Å². The lowest BCUT2D eigenvalue weighted by Gasteiger charge is -2.46. The molecular formula is C59H74F2N8O7. The van der Waals surface area contributed by atoms with Crippen LogP contribution >= 0.6 is 0 Å². The maximum Gasteiger partial charge on any atom is 0.411 e. The molecular weight excluding hydrogens is 971 g/mol. The number of hydrogen-bond donors (Lipinski definition) is 1. The third-order valence-electron chi connectivity index (χ3n) is 13.4. The fraction of sp³-hybridized carbons (Fsp3) is 0.458. The maximum absolute atomic E-state index is 14.6. The molecule has 4 amide bonds. The lowest BCUT2D eigenvalue weighted by atomic mass is 9.91. The number of amides is 4. The van der Waals surface area contributed by atoms with Crippen LogP contribution in [0.1, 0.15) is 84.7 Å². The molecule has 0 bridgehead atoms. The summed E-state index contributed by atoms with van der Waals surface area (Å²) in [5.41, 5.74) is 4.37. The minimum absolute atomic E-state index is 0.00251. The number of aromatic nitrogens is 2. The van der Waals surface area contributed by atoms with Gasteiger partial charge in [-0.2, -0.15) is 0 Å². The maximum atomic E-state index is 14.6. The molecule has 406 valence electrons. The molecule has 0 aliphatic carbocycles. The Bertz CT molecular complexity index is 2790. The molecule has 2 aliphatic rings. The van der Waals surface area contributed by atoms with E-state index >= 15 is 0 Å². The zero-order valence-electron chi connectivity index (χ0n) is 45.6. The first-order valence-corrected chi connectivity index (χ1v) is 26.0. The number of nitrogens with one attached hydrogen (secondary N) is 1. The van der Waals surface area contributed by atoms with E-state index in [1.54, 1.807) is 74.5 Å². The number of piperazine rings is 1. The molecule has 15 nitrogen and oxygen atoms in total. The minimum Gasteiger partial charge on any atom is -0.444 e. The number of likely N-dealkylation sites (N-methyl/N-ethyl adjacent to an activating group) is 1. The van der Waals surface area contributed by atoms with E-state index < -0.39 is 46.6 Å². The van der Waals surface area contributed by atoms with Crippen molar-refractivity contribution < 1.29 is 42.2 Å². The summed E-state index contributed by atoms with van der Waals surface area (Å²) in [6, 6.07) is 23.8. The molecule has 7 rings (SSSR count). The number of halogens is 2. The lowest BCUT2D eigenvalue weighted by molar-refractivity contribution is -0.122. The fourth-order valence-electron chi connectivity index (χ4n) is 9.62. The Labute approximate surface area is 446 Å². The highest BCUT2D eigenvalue weighted by molar-refractivity contribution is 5.98. The lowest BCUT2D eigenvalue weighted by Crippen LogP contribution is -2.63. The summed E-state index contributed by atoms with van der Waals surface area (Å²) >= 11 is 0. The molecule has 5 aromatic rings. The van der Waals surface area contributed by atoms with Crippen molar-refractivity contribution in [3.8, 4) is 11.1 Å².